The summed E-state index contributed by atoms with van der Waals surface area (Å²) < 4.78 is 9.15. The van der Waals surface area contributed by atoms with Gasteiger partial charge in [-0.3, -0.25) is 38.4 Å². The molecule has 3 fully saturated rings. The number of nitrogens with two attached hydrogens (primary N) is 3. The third-order valence-corrected chi connectivity index (χ3v) is 20.0. The number of carboxylic acids is 1. The molecule has 0 saturated carbocycles. The van der Waals surface area contributed by atoms with Crippen LogP contribution in [0.25, 0.3) is 0 Å². The molecule has 3 aliphatic heterocycles. The molecule has 12 N–H and O–H groups in total. The van der Waals surface area contributed by atoms with E-state index in [-0.39, 0.29) is 97.9 Å². The van der Waals surface area contributed by atoms with Crippen molar-refractivity contribution in [1.82, 2.24) is 36.0 Å². The van der Waals surface area contributed by atoms with Crippen LogP contribution in [-0.2, 0) is 47.8 Å². The van der Waals surface area contributed by atoms with Crippen LogP contribution in [0.2, 0.25) is 0 Å². The molecule has 0 bridgehead atoms. The summed E-state index contributed by atoms with van der Waals surface area (Å²) in [6.45, 7) is 13.6. The molecule has 121 heavy (non-hydrogen) atoms. The maximum atomic E-state index is 13.5. The van der Waals surface area contributed by atoms with Gasteiger partial charge in [-0.25, -0.2) is 0 Å². The maximum absolute atomic E-state index is 13.5. The first-order chi connectivity index (χ1) is 58.9. The molecule has 0 spiro atoms. The smallest absolute Gasteiger partial charge is 0.319 e. The number of carbonyl (C=O) groups is 8. The fraction of sp³-hybridized carbons (Fsp3) is 0.299. The molecule has 24 heteroatoms. The van der Waals surface area contributed by atoms with Crippen LogP contribution in [0.3, 0.4) is 0 Å². The fourth-order valence-corrected chi connectivity index (χ4v) is 13.5. The van der Waals surface area contributed by atoms with E-state index in [0.717, 1.165) is 57.6 Å². The largest absolute Gasteiger partial charge is 0.481 e. The third-order valence-electron chi connectivity index (χ3n) is 18.5. The minimum Gasteiger partial charge on any atom is -0.481 e. The highest BCUT2D eigenvalue weighted by Gasteiger charge is 2.35. The molecule has 3 saturated heterocycles. The minimum absolute atomic E-state index is 0.00916. The highest BCUT2D eigenvalue weighted by atomic mass is 79.9. The average Bonchev–Trinajstić information content (AvgIpc) is 0.793. The zero-order chi connectivity index (χ0) is 87.5. The quantitative estimate of drug-likeness (QED) is 0.0146. The van der Waals surface area contributed by atoms with E-state index in [0.29, 0.717) is 95.1 Å². The molecule has 10 aromatic rings. The lowest BCUT2D eigenvalue weighted by molar-refractivity contribution is -0.146. The van der Waals surface area contributed by atoms with Crippen molar-refractivity contribution in [3.05, 3.63) is 359 Å². The number of hydrogen-bond acceptors (Lipinski definition) is 16. The van der Waals surface area contributed by atoms with Crippen LogP contribution in [-0.4, -0.2) is 189 Å². The van der Waals surface area contributed by atoms with Gasteiger partial charge >= 0.3 is 17.9 Å². The van der Waals surface area contributed by atoms with Crippen molar-refractivity contribution >= 4 is 79.3 Å². The van der Waals surface area contributed by atoms with Gasteiger partial charge in [-0.05, 0) is 76.4 Å². The van der Waals surface area contributed by atoms with Gasteiger partial charge in [0.15, 0.2) is 0 Å². The molecule has 0 unspecified atom stereocenters. The van der Waals surface area contributed by atoms with Crippen molar-refractivity contribution in [2.75, 3.05) is 117 Å². The van der Waals surface area contributed by atoms with Gasteiger partial charge in [-0.15, -0.1) is 0 Å². The lowest BCUT2D eigenvalue weighted by Gasteiger charge is -2.40. The molecule has 0 atom stereocenters. The number of ether oxygens (including phenoxy) is 2. The molecule has 10 aromatic carbocycles. The Kier molecular flexibility index (Phi) is 50.6. The number of piperazine rings is 3. The second kappa shape index (κ2) is 61.0. The molecule has 0 radical (unpaired) electrons. The van der Waals surface area contributed by atoms with Crippen molar-refractivity contribution in [3.63, 3.8) is 0 Å². The molecule has 13 rings (SSSR count). The number of nitrogens with zero attached hydrogens (tertiary/aromatic N) is 3. The Morgan fingerprint density at radius 3 is 1.02 bits per heavy atom. The number of rotatable bonds is 25. The fourth-order valence-electron chi connectivity index (χ4n) is 12.7. The number of aliphatic carboxylic acids is 1. The highest BCUT2D eigenvalue weighted by molar-refractivity contribution is 9.09. The van der Waals surface area contributed by atoms with Gasteiger partial charge in [0.1, 0.15) is 5.33 Å². The number of carboxylic acid groups (broad SMARTS) is 1. The van der Waals surface area contributed by atoms with E-state index in [1.165, 1.54) is 11.1 Å². The van der Waals surface area contributed by atoms with Gasteiger partial charge < -0.3 is 72.9 Å². The Hall–Kier alpha value is -11.3. The van der Waals surface area contributed by atoms with Crippen molar-refractivity contribution in [2.45, 2.75) is 68.7 Å². The van der Waals surface area contributed by atoms with E-state index >= 15 is 0 Å². The van der Waals surface area contributed by atoms with Gasteiger partial charge in [0.05, 0.1) is 56.7 Å². The SMILES string of the molecule is BrC(c1ccccc1)c1ccccc1.CCO.CCOC(=O)CBr.CCOC(=O)CNCCN.NCCN.O=C(CC(c1ccccc1)c1ccccc1)N1CCN(C(c2ccccc2)c2ccccc2)C(=O)C1.O=C(O)CC(c1ccccc1)c1ccccc1.O=C1CN(C(=O)CC(c2ccccc2)c2ccccc2)CCN1.O=C1CNCCN1. The molecule has 0 aliphatic carbocycles. The molecule has 0 aromatic heterocycles. The summed E-state index contributed by atoms with van der Waals surface area (Å²) in [6, 6.07) is 101. The topological polar surface area (TPSA) is 331 Å². The first kappa shape index (κ1) is 100. The standard InChI is InChI=1S/C32H30N2O2.C19H20N2O2.C15H14O2.C13H11Br.C6H14N2O2.C4H7BrO2.C4H8N2O.C2H8N2.C2H6O/c35-30(23-29(25-13-5-1-6-14-25)26-15-7-2-8-16-26)33-21-22-34(31(36)24-33)32(27-17-9-3-10-18-27)28-19-11-4-12-20-28;22-18-14-21(12-11-20-18)19(23)13-17(15-7-3-1-4-8-15)16-9-5-2-6-10-16;16-15(17)11-14(12-7-3-1-4-8-12)13-9-5-2-6-10-13;14-13(11-7-3-1-4-8-11)12-9-5-2-6-10-12;1-2-10-6(9)5-8-4-3-7;1-2-7-4(6)3-5;7-4-3-5-1-2-6-4;3-1-2-4;1-2-3/h1-20,29,32H,21-24H2;1-10,17H,11-14H2,(H,20,22);1-10,14H,11H2,(H,16,17);1-10,13H;8H,2-5,7H2,1H3;2-3H2,1H3;5H,1-3H2,(H,6,7);1-4H2;3H,2H2,1H3. The molecule has 642 valence electrons. The maximum Gasteiger partial charge on any atom is 0.319 e. The highest BCUT2D eigenvalue weighted by Crippen LogP contribution is 2.35. The van der Waals surface area contributed by atoms with Crippen LogP contribution < -0.4 is 38.5 Å². The van der Waals surface area contributed by atoms with Gasteiger partial charge in [0, 0.05) is 103 Å². The van der Waals surface area contributed by atoms with E-state index in [4.69, 9.17) is 27.4 Å². The number of alkyl halides is 2. The van der Waals surface area contributed by atoms with E-state index in [1.54, 1.807) is 30.6 Å². The molecule has 22 nitrogen and oxygen atoms in total. The zero-order valence-electron chi connectivity index (χ0n) is 69.4. The second-order valence-electron chi connectivity index (χ2n) is 27.2. The van der Waals surface area contributed by atoms with Crippen molar-refractivity contribution in [2.24, 2.45) is 17.2 Å². The number of amides is 5. The summed E-state index contributed by atoms with van der Waals surface area (Å²) in [7, 11) is 0. The van der Waals surface area contributed by atoms with Crippen molar-refractivity contribution < 1.29 is 58.0 Å². The minimum atomic E-state index is -0.775. The number of aliphatic hydroxyl groups excluding tert-OH is 1. The third kappa shape index (κ3) is 39.2. The van der Waals surface area contributed by atoms with Crippen LogP contribution in [0, 0.1) is 0 Å². The van der Waals surface area contributed by atoms with E-state index in [2.05, 4.69) is 160 Å². The van der Waals surface area contributed by atoms with Crippen molar-refractivity contribution in [1.29, 1.82) is 0 Å². The van der Waals surface area contributed by atoms with E-state index in [9.17, 15) is 38.4 Å². The molecule has 3 aliphatic rings. The second-order valence-corrected chi connectivity index (χ2v) is 28.7. The molecular weight excluding hydrogens is 1660 g/mol. The van der Waals surface area contributed by atoms with Crippen LogP contribution in [0.1, 0.15) is 124 Å². The Balaban J connectivity index is 0.000000266. The zero-order valence-corrected chi connectivity index (χ0v) is 72.6. The van der Waals surface area contributed by atoms with Gasteiger partial charge in [-0.1, -0.05) is 335 Å². The van der Waals surface area contributed by atoms with Crippen LogP contribution in [0.5, 0.6) is 0 Å². The number of halogens is 2. The molecule has 3 heterocycles. The first-order valence-corrected chi connectivity index (χ1v) is 42.7. The van der Waals surface area contributed by atoms with Crippen LogP contribution in [0.15, 0.2) is 303 Å². The molecular formula is C97H118Br2N10O12. The summed E-state index contributed by atoms with van der Waals surface area (Å²) >= 11 is 6.64. The van der Waals surface area contributed by atoms with Gasteiger partial charge in [-0.2, -0.15) is 0 Å². The predicted molar refractivity (Wildman–Crippen MR) is 488 cm³/mol. The Bertz CT molecular complexity index is 4260. The average molecular weight is 1780 g/mol. The van der Waals surface area contributed by atoms with E-state index < -0.39 is 5.97 Å². The summed E-state index contributed by atoms with van der Waals surface area (Å²) in [5.74, 6) is -1.29. The number of hydrogen-bond donors (Lipinski definition) is 9. The number of esters is 2. The Morgan fingerprint density at radius 2 is 0.744 bits per heavy atom. The van der Waals surface area contributed by atoms with Crippen LogP contribution >= 0.6 is 31.9 Å². The van der Waals surface area contributed by atoms with Gasteiger partial charge in [0.25, 0.3) is 0 Å². The summed E-state index contributed by atoms with van der Waals surface area (Å²) in [4.78, 5) is 98.6. The van der Waals surface area contributed by atoms with Gasteiger partial charge in [0.2, 0.25) is 29.5 Å². The summed E-state index contributed by atoms with van der Waals surface area (Å²) in [5, 5.41) is 28.0. The monoisotopic (exact) mass is 1770 g/mol. The number of benzene rings is 10. The lowest BCUT2D eigenvalue weighted by atomic mass is 9.88. The van der Waals surface area contributed by atoms with E-state index in [1.807, 2.05) is 211 Å². The molecule has 5 amide bonds. The van der Waals surface area contributed by atoms with Crippen LogP contribution in [0.4, 0.5) is 0 Å². The van der Waals surface area contributed by atoms with Crippen molar-refractivity contribution in [3.8, 4) is 0 Å². The number of nitrogens with one attached hydrogen (secondary N) is 4. The number of carbonyl (C=O) groups excluding carboxylic acids is 7. The summed E-state index contributed by atoms with van der Waals surface area (Å²) in [6.07, 6.45) is 0.831. The predicted octanol–water partition coefficient (Wildman–Crippen LogP) is 13.0. The normalized spacial score (nSPS) is 12.5. The number of aliphatic hydroxyl groups is 1. The first-order valence-electron chi connectivity index (χ1n) is 40.7. The lowest BCUT2D eigenvalue weighted by Crippen LogP contribution is -2.53. The Labute approximate surface area is 730 Å². The summed E-state index contributed by atoms with van der Waals surface area (Å²) in [5.41, 5.74) is 26.2. The Morgan fingerprint density at radius 1 is 0.421 bits per heavy atom.